The Morgan fingerprint density at radius 3 is 2.12 bits per heavy atom. The summed E-state index contributed by atoms with van der Waals surface area (Å²) >= 11 is 0. The summed E-state index contributed by atoms with van der Waals surface area (Å²) in [5.41, 5.74) is 1.00. The van der Waals surface area contributed by atoms with Crippen molar-refractivity contribution in [2.75, 3.05) is 0 Å². The van der Waals surface area contributed by atoms with Gasteiger partial charge in [0.15, 0.2) is 0 Å². The van der Waals surface area contributed by atoms with Gasteiger partial charge in [-0.15, -0.1) is 0 Å². The highest BCUT2D eigenvalue weighted by molar-refractivity contribution is 6.62. The maximum Gasteiger partial charge on any atom is 0.495 e. The molecule has 4 heteroatoms. The normalized spacial score (nSPS) is 21.8. The van der Waals surface area contributed by atoms with E-state index in [1.807, 2.05) is 46.8 Å². The van der Waals surface area contributed by atoms with Crippen LogP contribution in [0.5, 0.6) is 5.75 Å². The fourth-order valence-corrected chi connectivity index (χ4v) is 1.87. The number of hydrogen-bond acceptors (Lipinski definition) is 3. The molecule has 0 saturated carbocycles. The minimum Gasteiger partial charge on any atom is -0.508 e. The Kier molecular flexibility index (Phi) is 2.75. The van der Waals surface area contributed by atoms with E-state index in [0.29, 0.717) is 0 Å². The van der Waals surface area contributed by atoms with Gasteiger partial charge in [0.1, 0.15) is 5.75 Å². The van der Waals surface area contributed by atoms with Gasteiger partial charge in [-0.25, -0.2) is 0 Å². The smallest absolute Gasteiger partial charge is 0.495 e. The zero-order valence-electron chi connectivity index (χ0n) is 11.1. The van der Waals surface area contributed by atoms with Crippen molar-refractivity contribution in [3.8, 4) is 5.75 Å². The van der Waals surface area contributed by atoms with Crippen LogP contribution in [0.15, 0.2) is 18.2 Å². The molecule has 2 rings (SSSR count). The van der Waals surface area contributed by atoms with Gasteiger partial charge in [0, 0.05) is 0 Å². The highest BCUT2D eigenvalue weighted by atomic mass is 16.7. The first-order chi connectivity index (χ1) is 7.74. The summed E-state index contributed by atoms with van der Waals surface area (Å²) < 4.78 is 11.9. The minimum absolute atomic E-state index is 0.275. The SMILES string of the molecule is Cc1c(O)cccc1B1OC(C)(C)C(C)(C)O1. The van der Waals surface area contributed by atoms with E-state index >= 15 is 0 Å². The summed E-state index contributed by atoms with van der Waals surface area (Å²) in [5.74, 6) is 0.275. The summed E-state index contributed by atoms with van der Waals surface area (Å²) in [4.78, 5) is 0. The van der Waals surface area contributed by atoms with E-state index in [4.69, 9.17) is 9.31 Å². The fraction of sp³-hybridized carbons (Fsp3) is 0.538. The van der Waals surface area contributed by atoms with Gasteiger partial charge in [-0.1, -0.05) is 12.1 Å². The van der Waals surface area contributed by atoms with Crippen LogP contribution in [-0.4, -0.2) is 23.4 Å². The van der Waals surface area contributed by atoms with E-state index in [1.54, 1.807) is 6.07 Å². The van der Waals surface area contributed by atoms with Crippen molar-refractivity contribution in [1.82, 2.24) is 0 Å². The summed E-state index contributed by atoms with van der Waals surface area (Å²) in [6, 6.07) is 5.41. The van der Waals surface area contributed by atoms with Gasteiger partial charge in [-0.3, -0.25) is 0 Å². The standard InChI is InChI=1S/C13H19BO3/c1-9-10(7-6-8-11(9)15)14-16-12(2,3)13(4,5)17-14/h6-8,15H,1-5H3. The predicted octanol–water partition coefficient (Wildman–Crippen LogP) is 2.00. The van der Waals surface area contributed by atoms with Crippen molar-refractivity contribution in [3.63, 3.8) is 0 Å². The second-order valence-electron chi connectivity index (χ2n) is 5.58. The van der Waals surface area contributed by atoms with Crippen molar-refractivity contribution in [2.45, 2.75) is 45.8 Å². The monoisotopic (exact) mass is 234 g/mol. The molecular weight excluding hydrogens is 215 g/mol. The molecule has 0 aromatic heterocycles. The van der Waals surface area contributed by atoms with E-state index < -0.39 is 7.12 Å². The first-order valence-corrected chi connectivity index (χ1v) is 5.89. The van der Waals surface area contributed by atoms with Crippen LogP contribution < -0.4 is 5.46 Å². The van der Waals surface area contributed by atoms with Gasteiger partial charge in [0.25, 0.3) is 0 Å². The third-order valence-electron chi connectivity index (χ3n) is 3.85. The third-order valence-corrected chi connectivity index (χ3v) is 3.85. The minimum atomic E-state index is -0.410. The molecule has 0 amide bonds. The van der Waals surface area contributed by atoms with Gasteiger partial charge in [0.2, 0.25) is 0 Å². The average Bonchev–Trinajstić information content (AvgIpc) is 2.40. The molecule has 1 aliphatic rings. The largest absolute Gasteiger partial charge is 0.508 e. The van der Waals surface area contributed by atoms with Crippen molar-refractivity contribution in [2.24, 2.45) is 0 Å². The second kappa shape index (κ2) is 3.75. The van der Waals surface area contributed by atoms with E-state index in [-0.39, 0.29) is 17.0 Å². The number of phenolic OH excluding ortho intramolecular Hbond substituents is 1. The molecule has 0 spiro atoms. The quantitative estimate of drug-likeness (QED) is 0.755. The van der Waals surface area contributed by atoms with Gasteiger partial charge in [-0.05, 0) is 51.7 Å². The van der Waals surface area contributed by atoms with Crippen molar-refractivity contribution in [3.05, 3.63) is 23.8 Å². The predicted molar refractivity (Wildman–Crippen MR) is 68.6 cm³/mol. The molecule has 0 radical (unpaired) electrons. The molecule has 1 heterocycles. The van der Waals surface area contributed by atoms with E-state index in [1.165, 1.54) is 0 Å². The molecule has 17 heavy (non-hydrogen) atoms. The molecular formula is C13H19BO3. The molecule has 1 aliphatic heterocycles. The Morgan fingerprint density at radius 2 is 1.59 bits per heavy atom. The van der Waals surface area contributed by atoms with Gasteiger partial charge in [-0.2, -0.15) is 0 Å². The lowest BCUT2D eigenvalue weighted by Gasteiger charge is -2.32. The van der Waals surface area contributed by atoms with E-state index in [2.05, 4.69) is 0 Å². The van der Waals surface area contributed by atoms with Gasteiger partial charge in [0.05, 0.1) is 11.2 Å². The Morgan fingerprint density at radius 1 is 1.06 bits per heavy atom. The number of rotatable bonds is 1. The zero-order valence-corrected chi connectivity index (χ0v) is 11.1. The lowest BCUT2D eigenvalue weighted by Crippen LogP contribution is -2.41. The van der Waals surface area contributed by atoms with Crippen molar-refractivity contribution < 1.29 is 14.4 Å². The summed E-state index contributed by atoms with van der Waals surface area (Å²) in [5, 5.41) is 9.71. The first kappa shape index (κ1) is 12.5. The van der Waals surface area contributed by atoms with Crippen LogP contribution in [0.4, 0.5) is 0 Å². The Labute approximate surface area is 103 Å². The number of hydrogen-bond donors (Lipinski definition) is 1. The van der Waals surface area contributed by atoms with Crippen molar-refractivity contribution in [1.29, 1.82) is 0 Å². The molecule has 1 aromatic rings. The van der Waals surface area contributed by atoms with Crippen LogP contribution in [-0.2, 0) is 9.31 Å². The van der Waals surface area contributed by atoms with Crippen LogP contribution in [0.1, 0.15) is 33.3 Å². The first-order valence-electron chi connectivity index (χ1n) is 5.89. The number of phenols is 1. The molecule has 1 N–H and O–H groups in total. The molecule has 1 saturated heterocycles. The Hall–Kier alpha value is -0.995. The van der Waals surface area contributed by atoms with Crippen LogP contribution >= 0.6 is 0 Å². The second-order valence-corrected chi connectivity index (χ2v) is 5.58. The highest BCUT2D eigenvalue weighted by Crippen LogP contribution is 2.36. The molecule has 0 aliphatic carbocycles. The lowest BCUT2D eigenvalue weighted by atomic mass is 9.76. The average molecular weight is 234 g/mol. The molecule has 92 valence electrons. The molecule has 1 fully saturated rings. The molecule has 0 atom stereocenters. The summed E-state index contributed by atoms with van der Waals surface area (Å²) in [6.45, 7) is 9.95. The fourth-order valence-electron chi connectivity index (χ4n) is 1.87. The van der Waals surface area contributed by atoms with Crippen LogP contribution in [0, 0.1) is 6.92 Å². The van der Waals surface area contributed by atoms with Crippen molar-refractivity contribution >= 4 is 12.6 Å². The summed E-state index contributed by atoms with van der Waals surface area (Å²) in [7, 11) is -0.410. The van der Waals surface area contributed by atoms with Gasteiger partial charge < -0.3 is 14.4 Å². The zero-order chi connectivity index (χ0) is 12.8. The molecule has 0 unspecified atom stereocenters. The molecule has 3 nitrogen and oxygen atoms in total. The summed E-state index contributed by atoms with van der Waals surface area (Å²) in [6.07, 6.45) is 0. The maximum atomic E-state index is 9.71. The topological polar surface area (TPSA) is 38.7 Å². The maximum absolute atomic E-state index is 9.71. The van der Waals surface area contributed by atoms with E-state index in [0.717, 1.165) is 11.0 Å². The lowest BCUT2D eigenvalue weighted by molar-refractivity contribution is 0.00578. The van der Waals surface area contributed by atoms with Crippen LogP contribution in [0.3, 0.4) is 0 Å². The molecule has 0 bridgehead atoms. The molecule has 1 aromatic carbocycles. The van der Waals surface area contributed by atoms with Gasteiger partial charge >= 0.3 is 7.12 Å². The van der Waals surface area contributed by atoms with Crippen LogP contribution in [0.2, 0.25) is 0 Å². The highest BCUT2D eigenvalue weighted by Gasteiger charge is 2.52. The number of benzene rings is 1. The van der Waals surface area contributed by atoms with E-state index in [9.17, 15) is 5.11 Å². The third kappa shape index (κ3) is 1.96. The Balaban J connectivity index is 2.36. The van der Waals surface area contributed by atoms with Crippen LogP contribution in [0.25, 0.3) is 0 Å². The number of aromatic hydroxyl groups is 1. The Bertz CT molecular complexity index is 424.